The van der Waals surface area contributed by atoms with E-state index in [4.69, 9.17) is 0 Å². The molecule has 0 fully saturated rings. The fourth-order valence-electron chi connectivity index (χ4n) is 1.38. The van der Waals surface area contributed by atoms with E-state index in [1.165, 1.54) is 18.2 Å². The molecule has 3 nitrogen and oxygen atoms in total. The molecule has 0 amide bonds. The van der Waals surface area contributed by atoms with E-state index in [-0.39, 0.29) is 10.5 Å². The standard InChI is InChI=1S/C10H14FNO2S/c1-12-7-6-8-9(11)4-3-5-10(8)15(2,13)14/h3-5,12H,6-7H2,1-2H3. The summed E-state index contributed by atoms with van der Waals surface area (Å²) in [6, 6.07) is 4.12. The van der Waals surface area contributed by atoms with Crippen LogP contribution in [0.5, 0.6) is 0 Å². The Bertz CT molecular complexity index is 443. The molecule has 84 valence electrons. The first-order chi connectivity index (χ1) is 6.96. The first kappa shape index (κ1) is 12.1. The van der Waals surface area contributed by atoms with Gasteiger partial charge in [-0.15, -0.1) is 0 Å². The zero-order chi connectivity index (χ0) is 11.5. The summed E-state index contributed by atoms with van der Waals surface area (Å²) in [4.78, 5) is 0.0813. The molecule has 0 aliphatic rings. The Morgan fingerprint density at radius 1 is 1.40 bits per heavy atom. The number of halogens is 1. The molecule has 1 N–H and O–H groups in total. The predicted octanol–water partition coefficient (Wildman–Crippen LogP) is 0.991. The maximum atomic E-state index is 13.4. The highest BCUT2D eigenvalue weighted by atomic mass is 32.2. The molecule has 0 unspecified atom stereocenters. The molecule has 0 bridgehead atoms. The second-order valence-corrected chi connectivity index (χ2v) is 5.33. The molecule has 0 aromatic heterocycles. The quantitative estimate of drug-likeness (QED) is 0.840. The van der Waals surface area contributed by atoms with E-state index in [9.17, 15) is 12.8 Å². The summed E-state index contributed by atoms with van der Waals surface area (Å²) in [5.41, 5.74) is 0.259. The van der Waals surface area contributed by atoms with Gasteiger partial charge in [0.2, 0.25) is 0 Å². The van der Waals surface area contributed by atoms with Gasteiger partial charge in [-0.2, -0.15) is 0 Å². The molecule has 0 saturated carbocycles. The van der Waals surface area contributed by atoms with E-state index in [2.05, 4.69) is 5.32 Å². The summed E-state index contributed by atoms with van der Waals surface area (Å²) in [7, 11) is -1.62. The van der Waals surface area contributed by atoms with Gasteiger partial charge in [0.05, 0.1) is 4.90 Å². The smallest absolute Gasteiger partial charge is 0.175 e. The van der Waals surface area contributed by atoms with Gasteiger partial charge in [0.15, 0.2) is 9.84 Å². The van der Waals surface area contributed by atoms with Crippen LogP contribution in [0.4, 0.5) is 4.39 Å². The second kappa shape index (κ2) is 4.72. The van der Waals surface area contributed by atoms with Gasteiger partial charge >= 0.3 is 0 Å². The van der Waals surface area contributed by atoms with E-state index in [0.717, 1.165) is 6.26 Å². The van der Waals surface area contributed by atoms with Crippen LogP contribution in [-0.2, 0) is 16.3 Å². The summed E-state index contributed by atoms with van der Waals surface area (Å²) in [6.07, 6.45) is 1.45. The van der Waals surface area contributed by atoms with Gasteiger partial charge in [-0.05, 0) is 32.1 Å². The lowest BCUT2D eigenvalue weighted by molar-refractivity contribution is 0.582. The van der Waals surface area contributed by atoms with Crippen LogP contribution in [0.15, 0.2) is 23.1 Å². The van der Waals surface area contributed by atoms with E-state index < -0.39 is 15.7 Å². The van der Waals surface area contributed by atoms with Gasteiger partial charge in [0, 0.05) is 11.8 Å². The number of rotatable bonds is 4. The second-order valence-electron chi connectivity index (χ2n) is 3.34. The fraction of sp³-hybridized carbons (Fsp3) is 0.400. The lowest BCUT2D eigenvalue weighted by Crippen LogP contribution is -2.14. The van der Waals surface area contributed by atoms with Crippen molar-refractivity contribution in [1.29, 1.82) is 0 Å². The zero-order valence-electron chi connectivity index (χ0n) is 8.75. The maximum absolute atomic E-state index is 13.4. The fourth-order valence-corrected chi connectivity index (χ4v) is 2.35. The van der Waals surface area contributed by atoms with Gasteiger partial charge in [-0.3, -0.25) is 0 Å². The largest absolute Gasteiger partial charge is 0.319 e. The average molecular weight is 231 g/mol. The number of likely N-dealkylation sites (N-methyl/N-ethyl adjacent to an activating group) is 1. The van der Waals surface area contributed by atoms with Gasteiger partial charge < -0.3 is 5.32 Å². The number of nitrogens with one attached hydrogen (secondary N) is 1. The molecule has 0 aliphatic carbocycles. The maximum Gasteiger partial charge on any atom is 0.175 e. The number of sulfone groups is 1. The van der Waals surface area contributed by atoms with Crippen LogP contribution in [0.25, 0.3) is 0 Å². The van der Waals surface area contributed by atoms with Gasteiger partial charge in [0.25, 0.3) is 0 Å². The molecule has 0 saturated heterocycles. The van der Waals surface area contributed by atoms with Crippen LogP contribution in [-0.4, -0.2) is 28.3 Å². The van der Waals surface area contributed by atoms with Crippen molar-refractivity contribution < 1.29 is 12.8 Å². The Morgan fingerprint density at radius 2 is 2.07 bits per heavy atom. The average Bonchev–Trinajstić information content (AvgIpc) is 2.14. The minimum atomic E-state index is -3.35. The summed E-state index contributed by atoms with van der Waals surface area (Å²) < 4.78 is 36.2. The molecule has 15 heavy (non-hydrogen) atoms. The van der Waals surface area contributed by atoms with E-state index >= 15 is 0 Å². The van der Waals surface area contributed by atoms with Crippen molar-refractivity contribution in [3.8, 4) is 0 Å². The highest BCUT2D eigenvalue weighted by Crippen LogP contribution is 2.19. The summed E-state index contributed by atoms with van der Waals surface area (Å²) >= 11 is 0. The van der Waals surface area contributed by atoms with Crippen molar-refractivity contribution >= 4 is 9.84 Å². The molecule has 1 rings (SSSR count). The van der Waals surface area contributed by atoms with E-state index in [1.54, 1.807) is 7.05 Å². The molecule has 5 heteroatoms. The molecule has 0 radical (unpaired) electrons. The summed E-state index contributed by atoms with van der Waals surface area (Å²) in [5.74, 6) is -0.465. The Balaban J connectivity index is 3.21. The minimum Gasteiger partial charge on any atom is -0.319 e. The SMILES string of the molecule is CNCCc1c(F)cccc1S(C)(=O)=O. The lowest BCUT2D eigenvalue weighted by Gasteiger charge is -2.08. The van der Waals surface area contributed by atoms with Crippen LogP contribution >= 0.6 is 0 Å². The Labute approximate surface area is 89.2 Å². The van der Waals surface area contributed by atoms with Crippen LogP contribution < -0.4 is 5.32 Å². The van der Waals surface area contributed by atoms with Crippen molar-refractivity contribution in [3.05, 3.63) is 29.6 Å². The summed E-state index contributed by atoms with van der Waals surface area (Å²) in [6.45, 7) is 0.545. The highest BCUT2D eigenvalue weighted by molar-refractivity contribution is 7.90. The Kier molecular flexibility index (Phi) is 3.82. The molecule has 0 aliphatic heterocycles. The van der Waals surface area contributed by atoms with Crippen LogP contribution in [0.3, 0.4) is 0 Å². The van der Waals surface area contributed by atoms with Crippen LogP contribution in [0.2, 0.25) is 0 Å². The van der Waals surface area contributed by atoms with Crippen molar-refractivity contribution in [2.24, 2.45) is 0 Å². The molecule has 0 spiro atoms. The first-order valence-electron chi connectivity index (χ1n) is 4.59. The van der Waals surface area contributed by atoms with Crippen molar-refractivity contribution in [2.75, 3.05) is 19.8 Å². The normalized spacial score (nSPS) is 11.7. The molecule has 0 atom stereocenters. The third-order valence-electron chi connectivity index (χ3n) is 2.10. The zero-order valence-corrected chi connectivity index (χ0v) is 9.57. The monoisotopic (exact) mass is 231 g/mol. The topological polar surface area (TPSA) is 46.2 Å². The van der Waals surface area contributed by atoms with Crippen LogP contribution in [0.1, 0.15) is 5.56 Å². The van der Waals surface area contributed by atoms with Crippen LogP contribution in [0, 0.1) is 5.82 Å². The Morgan fingerprint density at radius 3 is 2.60 bits per heavy atom. The predicted molar refractivity (Wildman–Crippen MR) is 57.1 cm³/mol. The van der Waals surface area contributed by atoms with Gasteiger partial charge in [0.1, 0.15) is 5.82 Å². The van der Waals surface area contributed by atoms with Crippen molar-refractivity contribution in [3.63, 3.8) is 0 Å². The minimum absolute atomic E-state index is 0.0813. The molecular formula is C10H14FNO2S. The third-order valence-corrected chi connectivity index (χ3v) is 3.28. The molecule has 1 aromatic rings. The molecule has 0 heterocycles. The lowest BCUT2D eigenvalue weighted by atomic mass is 10.1. The van der Waals surface area contributed by atoms with Crippen molar-refractivity contribution in [2.45, 2.75) is 11.3 Å². The number of hydrogen-bond donors (Lipinski definition) is 1. The molecule has 1 aromatic carbocycles. The first-order valence-corrected chi connectivity index (χ1v) is 6.48. The Hall–Kier alpha value is -0.940. The highest BCUT2D eigenvalue weighted by Gasteiger charge is 2.15. The van der Waals surface area contributed by atoms with Gasteiger partial charge in [-0.25, -0.2) is 12.8 Å². The number of hydrogen-bond acceptors (Lipinski definition) is 3. The third kappa shape index (κ3) is 3.00. The summed E-state index contributed by atoms with van der Waals surface area (Å²) in [5, 5.41) is 2.86. The van der Waals surface area contributed by atoms with Crippen molar-refractivity contribution in [1.82, 2.24) is 5.32 Å². The van der Waals surface area contributed by atoms with E-state index in [1.807, 2.05) is 0 Å². The van der Waals surface area contributed by atoms with Gasteiger partial charge in [-0.1, -0.05) is 6.07 Å². The molecular weight excluding hydrogens is 217 g/mol. The van der Waals surface area contributed by atoms with E-state index in [0.29, 0.717) is 13.0 Å². The number of benzene rings is 1.